The summed E-state index contributed by atoms with van der Waals surface area (Å²) in [5.74, 6) is 0. The van der Waals surface area contributed by atoms with Crippen LogP contribution in [0.25, 0.3) is 0 Å². The second-order valence-electron chi connectivity index (χ2n) is 3.69. The van der Waals surface area contributed by atoms with Gasteiger partial charge in [-0.2, -0.15) is 0 Å². The number of aliphatic hydroxyl groups excluding tert-OH is 4. The minimum absolute atomic E-state index is 0.223. The van der Waals surface area contributed by atoms with E-state index in [0.29, 0.717) is 6.42 Å². The molecular formula is C10H20O6. The average Bonchev–Trinajstić information content (AvgIpc) is 2.32. The Morgan fingerprint density at radius 2 is 1.88 bits per heavy atom. The molecule has 0 amide bonds. The molecule has 0 rings (SSSR count). The molecule has 96 valence electrons. The van der Waals surface area contributed by atoms with Gasteiger partial charge < -0.3 is 30.0 Å². The third-order valence-electron chi connectivity index (χ3n) is 2.36. The third-order valence-corrected chi connectivity index (χ3v) is 2.36. The molecule has 0 saturated heterocycles. The fourth-order valence-electron chi connectivity index (χ4n) is 1.13. The Morgan fingerprint density at radius 1 is 1.31 bits per heavy atom. The molecule has 0 aliphatic rings. The van der Waals surface area contributed by atoms with Crippen LogP contribution in [0, 0.1) is 0 Å². The van der Waals surface area contributed by atoms with Gasteiger partial charge in [-0.25, -0.2) is 0 Å². The summed E-state index contributed by atoms with van der Waals surface area (Å²) in [6, 6.07) is 0. The molecule has 0 saturated carbocycles. The highest BCUT2D eigenvalue weighted by atomic mass is 16.5. The van der Waals surface area contributed by atoms with Gasteiger partial charge in [0.1, 0.15) is 24.4 Å². The van der Waals surface area contributed by atoms with Gasteiger partial charge in [0.2, 0.25) is 0 Å². The molecule has 0 aliphatic carbocycles. The smallest absolute Gasteiger partial charge is 0.151 e. The SMILES string of the molecule is CCC(C)OC(C(O)C=O)C(O)C(O)CO. The summed E-state index contributed by atoms with van der Waals surface area (Å²) < 4.78 is 5.23. The second kappa shape index (κ2) is 7.70. The third kappa shape index (κ3) is 4.54. The molecule has 0 radical (unpaired) electrons. The lowest BCUT2D eigenvalue weighted by Gasteiger charge is -2.29. The lowest BCUT2D eigenvalue weighted by Crippen LogP contribution is -2.49. The van der Waals surface area contributed by atoms with Crippen LogP contribution in [0.1, 0.15) is 20.3 Å². The maximum Gasteiger partial charge on any atom is 0.151 e. The van der Waals surface area contributed by atoms with Crippen LogP contribution in [0.2, 0.25) is 0 Å². The van der Waals surface area contributed by atoms with Crippen LogP contribution in [0.3, 0.4) is 0 Å². The van der Waals surface area contributed by atoms with Crippen molar-refractivity contribution in [3.8, 4) is 0 Å². The van der Waals surface area contributed by atoms with Crippen molar-refractivity contribution >= 4 is 6.29 Å². The van der Waals surface area contributed by atoms with Gasteiger partial charge in [-0.05, 0) is 13.3 Å². The molecule has 6 heteroatoms. The van der Waals surface area contributed by atoms with Crippen LogP contribution in [-0.2, 0) is 9.53 Å². The minimum Gasteiger partial charge on any atom is -0.394 e. The molecule has 0 bridgehead atoms. The Labute approximate surface area is 94.5 Å². The average molecular weight is 236 g/mol. The Morgan fingerprint density at radius 3 is 2.25 bits per heavy atom. The molecule has 16 heavy (non-hydrogen) atoms. The molecule has 0 spiro atoms. The summed E-state index contributed by atoms with van der Waals surface area (Å²) in [6.07, 6.45) is -5.17. The first-order valence-corrected chi connectivity index (χ1v) is 5.23. The van der Waals surface area contributed by atoms with Crippen molar-refractivity contribution in [1.29, 1.82) is 0 Å². The summed E-state index contributed by atoms with van der Waals surface area (Å²) in [4.78, 5) is 10.4. The van der Waals surface area contributed by atoms with E-state index in [1.54, 1.807) is 6.92 Å². The molecule has 0 heterocycles. The zero-order valence-electron chi connectivity index (χ0n) is 9.48. The standard InChI is InChI=1S/C10H20O6/c1-3-6(2)16-10(8(14)5-12)9(15)7(13)4-11/h5-11,13-15H,3-4H2,1-2H3. The number of carbonyl (C=O) groups excluding carboxylic acids is 1. The number of hydrogen-bond acceptors (Lipinski definition) is 6. The van der Waals surface area contributed by atoms with Crippen molar-refractivity contribution < 1.29 is 30.0 Å². The van der Waals surface area contributed by atoms with Crippen molar-refractivity contribution in [3.05, 3.63) is 0 Å². The van der Waals surface area contributed by atoms with Gasteiger partial charge >= 0.3 is 0 Å². The molecular weight excluding hydrogens is 216 g/mol. The van der Waals surface area contributed by atoms with E-state index in [9.17, 15) is 20.1 Å². The van der Waals surface area contributed by atoms with Crippen molar-refractivity contribution in [2.75, 3.05) is 6.61 Å². The van der Waals surface area contributed by atoms with Crippen LogP contribution < -0.4 is 0 Å². The highest BCUT2D eigenvalue weighted by molar-refractivity contribution is 5.56. The molecule has 0 fully saturated rings. The minimum atomic E-state index is -1.54. The number of hydrogen-bond donors (Lipinski definition) is 4. The van der Waals surface area contributed by atoms with E-state index < -0.39 is 31.0 Å². The Hall–Kier alpha value is -0.530. The summed E-state index contributed by atoms with van der Waals surface area (Å²) in [5, 5.41) is 36.8. The largest absolute Gasteiger partial charge is 0.394 e. The number of aldehydes is 1. The second-order valence-corrected chi connectivity index (χ2v) is 3.69. The van der Waals surface area contributed by atoms with Crippen LogP contribution >= 0.6 is 0 Å². The molecule has 0 aromatic carbocycles. The lowest BCUT2D eigenvalue weighted by atomic mass is 10.0. The topological polar surface area (TPSA) is 107 Å². The van der Waals surface area contributed by atoms with Gasteiger partial charge in [0.25, 0.3) is 0 Å². The highest BCUT2D eigenvalue weighted by Crippen LogP contribution is 2.12. The fourth-order valence-corrected chi connectivity index (χ4v) is 1.13. The fraction of sp³-hybridized carbons (Fsp3) is 0.900. The first kappa shape index (κ1) is 15.5. The molecule has 4 N–H and O–H groups in total. The summed E-state index contributed by atoms with van der Waals surface area (Å²) >= 11 is 0. The molecule has 5 atom stereocenters. The zero-order valence-corrected chi connectivity index (χ0v) is 9.48. The van der Waals surface area contributed by atoms with Gasteiger partial charge in [0, 0.05) is 0 Å². The van der Waals surface area contributed by atoms with E-state index in [2.05, 4.69) is 0 Å². The number of ether oxygens (including phenoxy) is 1. The predicted molar refractivity (Wildman–Crippen MR) is 55.8 cm³/mol. The number of carbonyl (C=O) groups is 1. The van der Waals surface area contributed by atoms with Crippen LogP contribution in [0.15, 0.2) is 0 Å². The van der Waals surface area contributed by atoms with E-state index in [1.807, 2.05) is 6.92 Å². The molecule has 0 aromatic rings. The van der Waals surface area contributed by atoms with Crippen molar-refractivity contribution in [2.24, 2.45) is 0 Å². The Bertz CT molecular complexity index is 198. The van der Waals surface area contributed by atoms with Crippen LogP contribution in [0.5, 0.6) is 0 Å². The normalized spacial score (nSPS) is 20.9. The number of aliphatic hydroxyl groups is 4. The quantitative estimate of drug-likeness (QED) is 0.380. The summed E-state index contributed by atoms with van der Waals surface area (Å²) in [5.41, 5.74) is 0. The maximum absolute atomic E-state index is 10.4. The first-order valence-electron chi connectivity index (χ1n) is 5.23. The van der Waals surface area contributed by atoms with Gasteiger partial charge in [0.05, 0.1) is 12.7 Å². The van der Waals surface area contributed by atoms with Gasteiger partial charge in [-0.15, -0.1) is 0 Å². The molecule has 0 aromatic heterocycles. The van der Waals surface area contributed by atoms with Crippen molar-refractivity contribution in [3.63, 3.8) is 0 Å². The van der Waals surface area contributed by atoms with Gasteiger partial charge in [-0.1, -0.05) is 6.92 Å². The number of rotatable bonds is 8. The van der Waals surface area contributed by atoms with E-state index >= 15 is 0 Å². The van der Waals surface area contributed by atoms with Crippen LogP contribution in [-0.4, -0.2) is 63.8 Å². The van der Waals surface area contributed by atoms with Crippen molar-refractivity contribution in [2.45, 2.75) is 50.8 Å². The molecule has 0 aliphatic heterocycles. The first-order chi connectivity index (χ1) is 7.47. The van der Waals surface area contributed by atoms with E-state index in [-0.39, 0.29) is 12.4 Å². The summed E-state index contributed by atoms with van der Waals surface area (Å²) in [7, 11) is 0. The monoisotopic (exact) mass is 236 g/mol. The van der Waals surface area contributed by atoms with E-state index in [4.69, 9.17) is 9.84 Å². The van der Waals surface area contributed by atoms with Crippen molar-refractivity contribution in [1.82, 2.24) is 0 Å². The maximum atomic E-state index is 10.4. The van der Waals surface area contributed by atoms with Crippen LogP contribution in [0.4, 0.5) is 0 Å². The Balaban J connectivity index is 4.58. The van der Waals surface area contributed by atoms with E-state index in [0.717, 1.165) is 0 Å². The predicted octanol–water partition coefficient (Wildman–Crippen LogP) is -1.56. The summed E-state index contributed by atoms with van der Waals surface area (Å²) in [6.45, 7) is 2.87. The highest BCUT2D eigenvalue weighted by Gasteiger charge is 2.33. The van der Waals surface area contributed by atoms with E-state index in [1.165, 1.54) is 0 Å². The van der Waals surface area contributed by atoms with Gasteiger partial charge in [-0.3, -0.25) is 0 Å². The van der Waals surface area contributed by atoms with Gasteiger partial charge in [0.15, 0.2) is 6.29 Å². The zero-order chi connectivity index (χ0) is 12.7. The lowest BCUT2D eigenvalue weighted by molar-refractivity contribution is -0.162. The molecule has 6 nitrogen and oxygen atoms in total. The molecule has 5 unspecified atom stereocenters. The Kier molecular flexibility index (Phi) is 7.44.